The molecule has 1 saturated heterocycles. The Morgan fingerprint density at radius 1 is 1.23 bits per heavy atom. The quantitative estimate of drug-likeness (QED) is 0.770. The van der Waals surface area contributed by atoms with E-state index in [-0.39, 0.29) is 6.09 Å². The molecule has 0 aromatic heterocycles. The average Bonchev–Trinajstić information content (AvgIpc) is 2.98. The van der Waals surface area contributed by atoms with Gasteiger partial charge in [0, 0.05) is 19.0 Å². The van der Waals surface area contributed by atoms with Crippen LogP contribution >= 0.6 is 11.6 Å². The molecule has 0 atom stereocenters. The van der Waals surface area contributed by atoms with Crippen LogP contribution in [0.25, 0.3) is 0 Å². The van der Waals surface area contributed by atoms with E-state index in [9.17, 15) is 4.79 Å². The van der Waals surface area contributed by atoms with Gasteiger partial charge in [-0.2, -0.15) is 0 Å². The van der Waals surface area contributed by atoms with Gasteiger partial charge in [0.05, 0.1) is 0 Å². The Labute approximate surface area is 137 Å². The van der Waals surface area contributed by atoms with Crippen molar-refractivity contribution in [3.05, 3.63) is 35.9 Å². The third-order valence-corrected chi connectivity index (χ3v) is 5.72. The lowest BCUT2D eigenvalue weighted by Gasteiger charge is -2.36. The van der Waals surface area contributed by atoms with Crippen molar-refractivity contribution in [1.29, 1.82) is 0 Å². The van der Waals surface area contributed by atoms with Gasteiger partial charge < -0.3 is 9.64 Å². The lowest BCUT2D eigenvalue weighted by Crippen LogP contribution is -2.35. The minimum absolute atomic E-state index is 0.166. The summed E-state index contributed by atoms with van der Waals surface area (Å²) in [5.41, 5.74) is 1.36. The molecule has 1 spiro atoms. The second-order valence-electron chi connectivity index (χ2n) is 6.81. The number of nitrogens with zero attached hydrogens (tertiary/aromatic N) is 1. The van der Waals surface area contributed by atoms with E-state index in [1.807, 2.05) is 35.2 Å². The fraction of sp³-hybridized carbons (Fsp3) is 0.611. The van der Waals surface area contributed by atoms with Gasteiger partial charge in [0.15, 0.2) is 0 Å². The summed E-state index contributed by atoms with van der Waals surface area (Å²) >= 11 is 5.97. The summed E-state index contributed by atoms with van der Waals surface area (Å²) in [7, 11) is 0. The lowest BCUT2D eigenvalue weighted by molar-refractivity contribution is 0.0936. The van der Waals surface area contributed by atoms with Crippen LogP contribution in [-0.2, 0) is 11.3 Å². The summed E-state index contributed by atoms with van der Waals surface area (Å²) in [6, 6.07) is 9.85. The molecular weight excluding hydrogens is 298 g/mol. The summed E-state index contributed by atoms with van der Waals surface area (Å²) in [5, 5.41) is 0. The first-order valence-electron chi connectivity index (χ1n) is 8.22. The zero-order valence-corrected chi connectivity index (χ0v) is 13.7. The van der Waals surface area contributed by atoms with Crippen molar-refractivity contribution >= 4 is 17.7 Å². The molecule has 1 aromatic carbocycles. The molecule has 0 bridgehead atoms. The largest absolute Gasteiger partial charge is 0.445 e. The van der Waals surface area contributed by atoms with Gasteiger partial charge >= 0.3 is 6.09 Å². The maximum Gasteiger partial charge on any atom is 0.410 e. The van der Waals surface area contributed by atoms with Crippen LogP contribution in [0.1, 0.15) is 37.7 Å². The van der Waals surface area contributed by atoms with Crippen LogP contribution < -0.4 is 0 Å². The number of carbonyl (C=O) groups is 1. The van der Waals surface area contributed by atoms with Crippen LogP contribution in [0.5, 0.6) is 0 Å². The van der Waals surface area contributed by atoms with Gasteiger partial charge in [-0.05, 0) is 49.0 Å². The molecule has 3 rings (SSSR count). The van der Waals surface area contributed by atoms with Gasteiger partial charge in [-0.15, -0.1) is 11.6 Å². The van der Waals surface area contributed by atoms with E-state index < -0.39 is 0 Å². The molecule has 1 saturated carbocycles. The lowest BCUT2D eigenvalue weighted by atomic mass is 9.70. The summed E-state index contributed by atoms with van der Waals surface area (Å²) in [4.78, 5) is 14.1. The van der Waals surface area contributed by atoms with Crippen molar-refractivity contribution in [2.45, 2.75) is 38.7 Å². The van der Waals surface area contributed by atoms with E-state index in [4.69, 9.17) is 16.3 Å². The second kappa shape index (κ2) is 6.91. The van der Waals surface area contributed by atoms with Crippen molar-refractivity contribution in [1.82, 2.24) is 4.90 Å². The highest BCUT2D eigenvalue weighted by atomic mass is 35.5. The topological polar surface area (TPSA) is 29.5 Å². The van der Waals surface area contributed by atoms with Crippen LogP contribution in [-0.4, -0.2) is 30.0 Å². The molecule has 1 amide bonds. The molecule has 1 aromatic rings. The zero-order valence-electron chi connectivity index (χ0n) is 13.0. The first-order chi connectivity index (χ1) is 10.7. The number of ether oxygens (including phenoxy) is 1. The molecule has 2 aliphatic rings. The van der Waals surface area contributed by atoms with Gasteiger partial charge in [0.25, 0.3) is 0 Å². The Bertz CT molecular complexity index is 497. The molecule has 3 nitrogen and oxygen atoms in total. The number of amides is 1. The predicted molar refractivity (Wildman–Crippen MR) is 87.9 cm³/mol. The number of hydrogen-bond acceptors (Lipinski definition) is 2. The molecule has 0 unspecified atom stereocenters. The maximum atomic E-state index is 12.2. The summed E-state index contributed by atoms with van der Waals surface area (Å²) in [6.45, 7) is 2.05. The van der Waals surface area contributed by atoms with Crippen molar-refractivity contribution < 1.29 is 9.53 Å². The molecule has 4 heteroatoms. The highest BCUT2D eigenvalue weighted by molar-refractivity contribution is 6.18. The fourth-order valence-electron chi connectivity index (χ4n) is 3.75. The smallest absolute Gasteiger partial charge is 0.410 e. The van der Waals surface area contributed by atoms with Crippen molar-refractivity contribution in [2.24, 2.45) is 11.3 Å². The number of rotatable bonds is 3. The van der Waals surface area contributed by atoms with Gasteiger partial charge in [0.2, 0.25) is 0 Å². The van der Waals surface area contributed by atoms with Gasteiger partial charge in [0.1, 0.15) is 6.61 Å². The number of alkyl halides is 1. The number of halogens is 1. The molecule has 120 valence electrons. The van der Waals surface area contributed by atoms with E-state index in [1.54, 1.807) is 0 Å². The number of carbonyl (C=O) groups excluding carboxylic acids is 1. The standard InChI is InChI=1S/C18H24ClNO2/c19-12-15-6-8-18(9-7-15)10-11-20(14-18)17(21)22-13-16-4-2-1-3-5-16/h1-5,15H,6-14H2. The molecule has 1 heterocycles. The van der Waals surface area contributed by atoms with Gasteiger partial charge in [-0.25, -0.2) is 4.79 Å². The average molecular weight is 322 g/mol. The Hall–Kier alpha value is -1.22. The minimum Gasteiger partial charge on any atom is -0.445 e. The Balaban J connectivity index is 1.49. The monoisotopic (exact) mass is 321 g/mol. The van der Waals surface area contributed by atoms with Gasteiger partial charge in [-0.1, -0.05) is 30.3 Å². The summed E-state index contributed by atoms with van der Waals surface area (Å²) < 4.78 is 5.45. The Morgan fingerprint density at radius 3 is 2.64 bits per heavy atom. The van der Waals surface area contributed by atoms with Crippen LogP contribution in [0.3, 0.4) is 0 Å². The Kier molecular flexibility index (Phi) is 4.92. The number of likely N-dealkylation sites (tertiary alicyclic amines) is 1. The SMILES string of the molecule is O=C(OCc1ccccc1)N1CCC2(CCC(CCl)CC2)C1. The molecule has 0 N–H and O–H groups in total. The summed E-state index contributed by atoms with van der Waals surface area (Å²) in [5.74, 6) is 1.45. The normalized spacial score (nSPS) is 28.0. The first-order valence-corrected chi connectivity index (χ1v) is 8.76. The highest BCUT2D eigenvalue weighted by Gasteiger charge is 2.42. The zero-order chi connectivity index (χ0) is 15.4. The van der Waals surface area contributed by atoms with Crippen molar-refractivity contribution in [2.75, 3.05) is 19.0 Å². The van der Waals surface area contributed by atoms with Crippen LogP contribution in [0.2, 0.25) is 0 Å². The highest BCUT2D eigenvalue weighted by Crippen LogP contribution is 2.45. The van der Waals surface area contributed by atoms with E-state index in [1.165, 1.54) is 25.7 Å². The van der Waals surface area contributed by atoms with Crippen LogP contribution in [0.4, 0.5) is 4.79 Å². The van der Waals surface area contributed by atoms with E-state index >= 15 is 0 Å². The molecule has 1 aliphatic carbocycles. The van der Waals surface area contributed by atoms with E-state index in [2.05, 4.69) is 0 Å². The third kappa shape index (κ3) is 3.57. The van der Waals surface area contributed by atoms with Crippen LogP contribution in [0, 0.1) is 11.3 Å². The predicted octanol–water partition coefficient (Wildman–Crippen LogP) is 4.44. The minimum atomic E-state index is -0.166. The third-order valence-electron chi connectivity index (χ3n) is 5.29. The Morgan fingerprint density at radius 2 is 1.95 bits per heavy atom. The number of hydrogen-bond donors (Lipinski definition) is 0. The number of benzene rings is 1. The second-order valence-corrected chi connectivity index (χ2v) is 7.12. The fourth-order valence-corrected chi connectivity index (χ4v) is 4.06. The molecular formula is C18H24ClNO2. The molecule has 2 fully saturated rings. The van der Waals surface area contributed by atoms with Gasteiger partial charge in [-0.3, -0.25) is 0 Å². The van der Waals surface area contributed by atoms with Crippen LogP contribution in [0.15, 0.2) is 30.3 Å². The summed E-state index contributed by atoms with van der Waals surface area (Å²) in [6.07, 6.45) is 5.76. The first kappa shape index (κ1) is 15.7. The van der Waals surface area contributed by atoms with E-state index in [0.717, 1.165) is 31.0 Å². The van der Waals surface area contributed by atoms with Crippen molar-refractivity contribution in [3.63, 3.8) is 0 Å². The van der Waals surface area contributed by atoms with Crippen molar-refractivity contribution in [3.8, 4) is 0 Å². The molecule has 1 aliphatic heterocycles. The van der Waals surface area contributed by atoms with E-state index in [0.29, 0.717) is 17.9 Å². The maximum absolute atomic E-state index is 12.2. The molecule has 0 radical (unpaired) electrons. The molecule has 22 heavy (non-hydrogen) atoms.